The molecule has 0 bridgehead atoms. The van der Waals surface area contributed by atoms with E-state index in [0.717, 1.165) is 6.07 Å². The quantitative estimate of drug-likeness (QED) is 0.848. The first kappa shape index (κ1) is 14.3. The average Bonchev–Trinajstić information content (AvgIpc) is 3.16. The molecule has 4 rings (SSSR count). The second-order valence-electron chi connectivity index (χ2n) is 5.32. The van der Waals surface area contributed by atoms with Crippen LogP contribution in [0.5, 0.6) is 17.2 Å². The molecule has 0 saturated heterocycles. The zero-order chi connectivity index (χ0) is 16.8. The average molecular weight is 326 g/mol. The Morgan fingerprint density at radius 1 is 1.29 bits per heavy atom. The molecule has 1 amide bonds. The third kappa shape index (κ3) is 1.90. The monoisotopic (exact) mass is 326 g/mol. The normalized spacial score (nSPS) is 17.6. The number of anilines is 1. The van der Waals surface area contributed by atoms with E-state index in [4.69, 9.17) is 14.2 Å². The summed E-state index contributed by atoms with van der Waals surface area (Å²) in [6.07, 6.45) is 0. The van der Waals surface area contributed by atoms with E-state index in [1.807, 2.05) is 0 Å². The van der Waals surface area contributed by atoms with E-state index in [0.29, 0.717) is 17.2 Å². The molecule has 120 valence electrons. The van der Waals surface area contributed by atoms with Gasteiger partial charge >= 0.3 is 0 Å². The van der Waals surface area contributed by atoms with E-state index in [9.17, 15) is 14.4 Å². The minimum Gasteiger partial charge on any atom is -0.497 e. The summed E-state index contributed by atoms with van der Waals surface area (Å²) < 4.78 is 29.9. The first-order valence-corrected chi connectivity index (χ1v) is 7.14. The van der Waals surface area contributed by atoms with Crippen molar-refractivity contribution >= 4 is 11.6 Å². The van der Waals surface area contributed by atoms with Gasteiger partial charge in [-0.2, -0.15) is 5.26 Å². The number of amides is 1. The topological polar surface area (TPSA) is 71.8 Å². The molecule has 0 fully saturated rings. The van der Waals surface area contributed by atoms with E-state index in [1.165, 1.54) is 18.1 Å². The van der Waals surface area contributed by atoms with E-state index < -0.39 is 17.8 Å². The molecule has 2 aromatic carbocycles. The van der Waals surface area contributed by atoms with Gasteiger partial charge in [0, 0.05) is 23.4 Å². The van der Waals surface area contributed by atoms with Crippen molar-refractivity contribution in [1.29, 1.82) is 5.26 Å². The highest BCUT2D eigenvalue weighted by Crippen LogP contribution is 2.43. The summed E-state index contributed by atoms with van der Waals surface area (Å²) >= 11 is 0. The van der Waals surface area contributed by atoms with Gasteiger partial charge in [0.2, 0.25) is 6.79 Å². The zero-order valence-corrected chi connectivity index (χ0v) is 12.6. The smallest absolute Gasteiger partial charge is 0.263 e. The van der Waals surface area contributed by atoms with Gasteiger partial charge in [-0.15, -0.1) is 0 Å². The number of ether oxygens (including phenoxy) is 3. The molecule has 2 aliphatic rings. The summed E-state index contributed by atoms with van der Waals surface area (Å²) in [5.74, 6) is 0.00974. The summed E-state index contributed by atoms with van der Waals surface area (Å²) in [7, 11) is 1.40. The highest BCUT2D eigenvalue weighted by Gasteiger charge is 2.41. The standard InChI is InChI=1S/C17H11FN2O4/c1-22-10-5-11-13(7-19)20(17(21)16(11)12(18)6-10)9-2-3-14-15(4-9)24-8-23-14/h2-6,13H,8H2,1H3. The minimum atomic E-state index is -0.947. The highest BCUT2D eigenvalue weighted by molar-refractivity contribution is 6.12. The van der Waals surface area contributed by atoms with Crippen LogP contribution < -0.4 is 19.1 Å². The molecule has 0 saturated carbocycles. The first-order chi connectivity index (χ1) is 11.6. The zero-order valence-electron chi connectivity index (χ0n) is 12.6. The maximum Gasteiger partial charge on any atom is 0.263 e. The molecule has 0 radical (unpaired) electrons. The van der Waals surface area contributed by atoms with Crippen LogP contribution in [0.25, 0.3) is 0 Å². The molecule has 0 aromatic heterocycles. The second-order valence-corrected chi connectivity index (χ2v) is 5.32. The van der Waals surface area contributed by atoms with Crippen LogP contribution in [-0.2, 0) is 0 Å². The van der Waals surface area contributed by atoms with E-state index in [1.54, 1.807) is 18.2 Å². The van der Waals surface area contributed by atoms with Crippen molar-refractivity contribution in [3.63, 3.8) is 0 Å². The van der Waals surface area contributed by atoms with E-state index in [2.05, 4.69) is 6.07 Å². The van der Waals surface area contributed by atoms with Gasteiger partial charge in [-0.05, 0) is 18.2 Å². The molecule has 1 atom stereocenters. The SMILES string of the molecule is COc1cc(F)c2c(c1)C(C#N)N(c1ccc3c(c1)OCO3)C2=O. The summed E-state index contributed by atoms with van der Waals surface area (Å²) in [6.45, 7) is 0.0977. The lowest BCUT2D eigenvalue weighted by Crippen LogP contribution is -2.27. The van der Waals surface area contributed by atoms with Gasteiger partial charge in [-0.3, -0.25) is 9.69 Å². The number of methoxy groups -OCH3 is 1. The van der Waals surface area contributed by atoms with Crippen LogP contribution in [0, 0.1) is 17.1 Å². The molecule has 24 heavy (non-hydrogen) atoms. The van der Waals surface area contributed by atoms with Crippen LogP contribution in [0.15, 0.2) is 30.3 Å². The van der Waals surface area contributed by atoms with E-state index in [-0.39, 0.29) is 23.7 Å². The van der Waals surface area contributed by atoms with Crippen LogP contribution >= 0.6 is 0 Å². The highest BCUT2D eigenvalue weighted by atomic mass is 19.1. The second kappa shape index (κ2) is 5.13. The Labute approximate surface area is 136 Å². The summed E-state index contributed by atoms with van der Waals surface area (Å²) in [5, 5.41) is 9.55. The summed E-state index contributed by atoms with van der Waals surface area (Å²) in [5.41, 5.74) is 0.613. The fourth-order valence-corrected chi connectivity index (χ4v) is 2.97. The van der Waals surface area contributed by atoms with Crippen molar-refractivity contribution in [1.82, 2.24) is 0 Å². The maximum atomic E-state index is 14.3. The maximum absolute atomic E-state index is 14.3. The lowest BCUT2D eigenvalue weighted by molar-refractivity contribution is 0.0991. The fourth-order valence-electron chi connectivity index (χ4n) is 2.97. The molecule has 2 aliphatic heterocycles. The molecule has 7 heteroatoms. The third-order valence-corrected chi connectivity index (χ3v) is 4.07. The Hall–Kier alpha value is -3.27. The Kier molecular flexibility index (Phi) is 3.06. The van der Waals surface area contributed by atoms with Crippen LogP contribution in [0.3, 0.4) is 0 Å². The lowest BCUT2D eigenvalue weighted by Gasteiger charge is -2.20. The largest absolute Gasteiger partial charge is 0.497 e. The first-order valence-electron chi connectivity index (χ1n) is 7.14. The fraction of sp³-hybridized carbons (Fsp3) is 0.176. The molecule has 6 nitrogen and oxygen atoms in total. The summed E-state index contributed by atoms with van der Waals surface area (Å²) in [4.78, 5) is 14.0. The lowest BCUT2D eigenvalue weighted by atomic mass is 10.0. The van der Waals surface area contributed by atoms with Crippen LogP contribution in [0.1, 0.15) is 22.0 Å². The molecule has 0 N–H and O–H groups in total. The predicted molar refractivity (Wildman–Crippen MR) is 80.7 cm³/mol. The molecule has 0 aliphatic carbocycles. The van der Waals surface area contributed by atoms with Gasteiger partial charge < -0.3 is 14.2 Å². The number of rotatable bonds is 2. The number of halogens is 1. The molecule has 2 aromatic rings. The number of hydrogen-bond acceptors (Lipinski definition) is 5. The summed E-state index contributed by atoms with van der Waals surface area (Å²) in [6, 6.07) is 8.64. The minimum absolute atomic E-state index is 0.0977. The predicted octanol–water partition coefficient (Wildman–Crippen LogP) is 2.79. The van der Waals surface area contributed by atoms with Crippen LogP contribution in [0.2, 0.25) is 0 Å². The third-order valence-electron chi connectivity index (χ3n) is 4.07. The Balaban J connectivity index is 1.84. The van der Waals surface area contributed by atoms with Crippen molar-refractivity contribution in [3.8, 4) is 23.3 Å². The number of nitrogens with zero attached hydrogens (tertiary/aromatic N) is 2. The molecular formula is C17H11FN2O4. The van der Waals surface area contributed by atoms with Crippen LogP contribution in [-0.4, -0.2) is 19.8 Å². The van der Waals surface area contributed by atoms with Gasteiger partial charge in [-0.25, -0.2) is 4.39 Å². The van der Waals surface area contributed by atoms with E-state index >= 15 is 0 Å². The van der Waals surface area contributed by atoms with Gasteiger partial charge in [0.05, 0.1) is 18.7 Å². The van der Waals surface area contributed by atoms with Gasteiger partial charge in [-0.1, -0.05) is 0 Å². The van der Waals surface area contributed by atoms with Crippen molar-refractivity contribution in [2.75, 3.05) is 18.8 Å². The molecule has 1 unspecified atom stereocenters. The van der Waals surface area contributed by atoms with Crippen molar-refractivity contribution in [2.45, 2.75) is 6.04 Å². The van der Waals surface area contributed by atoms with Gasteiger partial charge in [0.25, 0.3) is 5.91 Å². The molecule has 2 heterocycles. The number of carbonyl (C=O) groups excluding carboxylic acids is 1. The molecule has 0 spiro atoms. The van der Waals surface area contributed by atoms with Gasteiger partial charge in [0.1, 0.15) is 11.6 Å². The number of benzene rings is 2. The number of fused-ring (bicyclic) bond motifs is 2. The Morgan fingerprint density at radius 2 is 2.08 bits per heavy atom. The van der Waals surface area contributed by atoms with Gasteiger partial charge in [0.15, 0.2) is 17.5 Å². The number of hydrogen-bond donors (Lipinski definition) is 0. The van der Waals surface area contributed by atoms with Crippen molar-refractivity contribution in [2.24, 2.45) is 0 Å². The number of nitriles is 1. The van der Waals surface area contributed by atoms with Crippen LogP contribution in [0.4, 0.5) is 10.1 Å². The van der Waals surface area contributed by atoms with Crippen molar-refractivity contribution in [3.05, 3.63) is 47.3 Å². The molecular weight excluding hydrogens is 315 g/mol. The Bertz CT molecular complexity index is 906. The Morgan fingerprint density at radius 3 is 2.83 bits per heavy atom. The number of carbonyl (C=O) groups is 1. The van der Waals surface area contributed by atoms with Crippen molar-refractivity contribution < 1.29 is 23.4 Å².